The molecule has 0 heterocycles. The topological polar surface area (TPSA) is 12.0 Å². The van der Waals surface area contributed by atoms with Crippen molar-refractivity contribution in [2.45, 2.75) is 90.6 Å². The van der Waals surface area contributed by atoms with Crippen LogP contribution in [0.25, 0.3) is 0 Å². The normalized spacial score (nSPS) is 11.2. The van der Waals surface area contributed by atoms with Crippen LogP contribution in [0.5, 0.6) is 0 Å². The molecule has 21 heavy (non-hydrogen) atoms. The minimum atomic E-state index is 0.707. The summed E-state index contributed by atoms with van der Waals surface area (Å²) in [4.78, 5) is 0. The summed E-state index contributed by atoms with van der Waals surface area (Å²) in [5.41, 5.74) is 1.41. The van der Waals surface area contributed by atoms with Gasteiger partial charge in [0.05, 0.1) is 0 Å². The van der Waals surface area contributed by atoms with Crippen LogP contribution in [0.1, 0.15) is 83.6 Å². The smallest absolute Gasteiger partial charge is 0.0208 e. The molecular weight excluding hydrogens is 254 g/mol. The van der Waals surface area contributed by atoms with Crippen molar-refractivity contribution in [1.29, 1.82) is 0 Å². The largest absolute Gasteiger partial charge is 0.310 e. The van der Waals surface area contributed by atoms with Crippen molar-refractivity contribution in [2.75, 3.05) is 0 Å². The van der Waals surface area contributed by atoms with E-state index >= 15 is 0 Å². The first kappa shape index (κ1) is 18.2. The van der Waals surface area contributed by atoms with Crippen molar-refractivity contribution in [1.82, 2.24) is 5.32 Å². The Hall–Kier alpha value is -0.820. The summed E-state index contributed by atoms with van der Waals surface area (Å²) in [5.74, 6) is 0. The molecule has 1 N–H and O–H groups in total. The van der Waals surface area contributed by atoms with Gasteiger partial charge in [0.25, 0.3) is 0 Å². The minimum absolute atomic E-state index is 0.707. The molecule has 0 fully saturated rings. The molecule has 0 spiro atoms. The van der Waals surface area contributed by atoms with E-state index in [1.54, 1.807) is 0 Å². The molecule has 120 valence electrons. The molecule has 0 radical (unpaired) electrons. The van der Waals surface area contributed by atoms with Gasteiger partial charge in [-0.25, -0.2) is 0 Å². The van der Waals surface area contributed by atoms with E-state index in [9.17, 15) is 0 Å². The van der Waals surface area contributed by atoms with Crippen LogP contribution in [0.4, 0.5) is 0 Å². The maximum atomic E-state index is 3.79. The SMILES string of the molecule is CCCCCCC(CCCCCC)NCc1ccccc1. The minimum Gasteiger partial charge on any atom is -0.310 e. The molecule has 0 bridgehead atoms. The second kappa shape index (κ2) is 12.9. The zero-order chi connectivity index (χ0) is 15.2. The van der Waals surface area contributed by atoms with E-state index < -0.39 is 0 Å². The van der Waals surface area contributed by atoms with E-state index in [0.717, 1.165) is 6.54 Å². The molecule has 0 saturated heterocycles. The number of hydrogen-bond donors (Lipinski definition) is 1. The summed E-state index contributed by atoms with van der Waals surface area (Å²) in [6, 6.07) is 11.5. The van der Waals surface area contributed by atoms with Gasteiger partial charge in [-0.3, -0.25) is 0 Å². The van der Waals surface area contributed by atoms with Crippen molar-refractivity contribution in [3.8, 4) is 0 Å². The Labute approximate surface area is 132 Å². The van der Waals surface area contributed by atoms with Crippen molar-refractivity contribution < 1.29 is 0 Å². The number of rotatable bonds is 13. The van der Waals surface area contributed by atoms with Crippen LogP contribution in [0.2, 0.25) is 0 Å². The highest BCUT2D eigenvalue weighted by atomic mass is 14.9. The average molecular weight is 290 g/mol. The van der Waals surface area contributed by atoms with Crippen LogP contribution in [-0.2, 0) is 6.54 Å². The maximum absolute atomic E-state index is 3.79. The molecular formula is C20H35N. The molecule has 0 unspecified atom stereocenters. The Balaban J connectivity index is 2.28. The quantitative estimate of drug-likeness (QED) is 0.433. The lowest BCUT2D eigenvalue weighted by Crippen LogP contribution is -2.28. The highest BCUT2D eigenvalue weighted by Crippen LogP contribution is 2.13. The highest BCUT2D eigenvalue weighted by molar-refractivity contribution is 5.14. The molecule has 1 nitrogen and oxygen atoms in total. The summed E-state index contributed by atoms with van der Waals surface area (Å²) in [7, 11) is 0. The molecule has 1 aromatic carbocycles. The molecule has 1 heteroatoms. The monoisotopic (exact) mass is 289 g/mol. The van der Waals surface area contributed by atoms with Crippen LogP contribution in [-0.4, -0.2) is 6.04 Å². The summed E-state index contributed by atoms with van der Waals surface area (Å²) in [6.45, 7) is 5.60. The first-order valence-corrected chi connectivity index (χ1v) is 9.14. The Morgan fingerprint density at radius 3 is 1.86 bits per heavy atom. The molecule has 0 aliphatic heterocycles. The standard InChI is InChI=1S/C20H35N/c1-3-5-7-12-16-20(17-13-8-6-4-2)21-18-19-14-10-9-11-15-19/h9-11,14-15,20-21H,3-8,12-13,16-18H2,1-2H3. The van der Waals surface area contributed by atoms with Crippen molar-refractivity contribution in [3.63, 3.8) is 0 Å². The van der Waals surface area contributed by atoms with Gasteiger partial charge in [0, 0.05) is 12.6 Å². The van der Waals surface area contributed by atoms with Crippen LogP contribution in [0.3, 0.4) is 0 Å². The molecule has 0 saturated carbocycles. The van der Waals surface area contributed by atoms with E-state index in [2.05, 4.69) is 49.5 Å². The first-order chi connectivity index (χ1) is 10.4. The van der Waals surface area contributed by atoms with Crippen molar-refractivity contribution >= 4 is 0 Å². The Morgan fingerprint density at radius 2 is 1.33 bits per heavy atom. The Morgan fingerprint density at radius 1 is 0.762 bits per heavy atom. The summed E-state index contributed by atoms with van der Waals surface area (Å²) in [6.07, 6.45) is 13.7. The number of unbranched alkanes of at least 4 members (excludes halogenated alkanes) is 6. The van der Waals surface area contributed by atoms with Gasteiger partial charge < -0.3 is 5.32 Å². The van der Waals surface area contributed by atoms with E-state index in [0.29, 0.717) is 6.04 Å². The molecule has 0 aliphatic carbocycles. The third-order valence-corrected chi connectivity index (χ3v) is 4.25. The van der Waals surface area contributed by atoms with Crippen LogP contribution in [0.15, 0.2) is 30.3 Å². The lowest BCUT2D eigenvalue weighted by molar-refractivity contribution is 0.414. The molecule has 1 aromatic rings. The van der Waals surface area contributed by atoms with Gasteiger partial charge in [0.15, 0.2) is 0 Å². The number of nitrogens with one attached hydrogen (secondary N) is 1. The fourth-order valence-corrected chi connectivity index (χ4v) is 2.84. The Bertz CT molecular complexity index is 308. The zero-order valence-corrected chi connectivity index (χ0v) is 14.2. The third-order valence-electron chi connectivity index (χ3n) is 4.25. The van der Waals surface area contributed by atoms with Crippen LogP contribution in [0, 0.1) is 0 Å². The summed E-state index contributed by atoms with van der Waals surface area (Å²) < 4.78 is 0. The van der Waals surface area contributed by atoms with Gasteiger partial charge in [-0.2, -0.15) is 0 Å². The second-order valence-electron chi connectivity index (χ2n) is 6.26. The van der Waals surface area contributed by atoms with Crippen LogP contribution >= 0.6 is 0 Å². The zero-order valence-electron chi connectivity index (χ0n) is 14.2. The third kappa shape index (κ3) is 9.68. The number of hydrogen-bond acceptors (Lipinski definition) is 1. The summed E-state index contributed by atoms with van der Waals surface area (Å²) >= 11 is 0. The lowest BCUT2D eigenvalue weighted by Gasteiger charge is -2.19. The van der Waals surface area contributed by atoms with E-state index in [4.69, 9.17) is 0 Å². The van der Waals surface area contributed by atoms with E-state index in [-0.39, 0.29) is 0 Å². The predicted octanol–water partition coefficient (Wildman–Crippen LogP) is 6.09. The van der Waals surface area contributed by atoms with Gasteiger partial charge >= 0.3 is 0 Å². The summed E-state index contributed by atoms with van der Waals surface area (Å²) in [5, 5.41) is 3.79. The average Bonchev–Trinajstić information content (AvgIpc) is 2.53. The van der Waals surface area contributed by atoms with Crippen molar-refractivity contribution in [3.05, 3.63) is 35.9 Å². The predicted molar refractivity (Wildman–Crippen MR) is 94.6 cm³/mol. The van der Waals surface area contributed by atoms with Crippen LogP contribution < -0.4 is 5.32 Å². The molecule has 0 atom stereocenters. The second-order valence-corrected chi connectivity index (χ2v) is 6.26. The molecule has 0 aromatic heterocycles. The number of benzene rings is 1. The van der Waals surface area contributed by atoms with E-state index in [1.165, 1.54) is 69.8 Å². The van der Waals surface area contributed by atoms with Gasteiger partial charge in [0.2, 0.25) is 0 Å². The van der Waals surface area contributed by atoms with E-state index in [1.807, 2.05) is 0 Å². The fourth-order valence-electron chi connectivity index (χ4n) is 2.84. The first-order valence-electron chi connectivity index (χ1n) is 9.14. The Kier molecular flexibility index (Phi) is 11.2. The highest BCUT2D eigenvalue weighted by Gasteiger charge is 2.07. The molecule has 1 rings (SSSR count). The van der Waals surface area contributed by atoms with Gasteiger partial charge in [0.1, 0.15) is 0 Å². The van der Waals surface area contributed by atoms with Gasteiger partial charge in [-0.05, 0) is 18.4 Å². The molecule has 0 aliphatic rings. The van der Waals surface area contributed by atoms with Crippen molar-refractivity contribution in [2.24, 2.45) is 0 Å². The maximum Gasteiger partial charge on any atom is 0.0208 e. The fraction of sp³-hybridized carbons (Fsp3) is 0.700. The van der Waals surface area contributed by atoms with Gasteiger partial charge in [-0.1, -0.05) is 95.5 Å². The van der Waals surface area contributed by atoms with Gasteiger partial charge in [-0.15, -0.1) is 0 Å². The lowest BCUT2D eigenvalue weighted by atomic mass is 10.0. The molecule has 0 amide bonds.